The Bertz CT molecular complexity index is 355. The first-order chi connectivity index (χ1) is 8.65. The van der Waals surface area contributed by atoms with Crippen molar-refractivity contribution in [3.05, 3.63) is 24.8 Å². The summed E-state index contributed by atoms with van der Waals surface area (Å²) in [4.78, 5) is 34.8. The number of carbonyl (C=O) groups excluding carboxylic acids is 3. The number of hydrogen-bond acceptors (Lipinski definition) is 4. The molecule has 18 heavy (non-hydrogen) atoms. The monoisotopic (exact) mass is 251 g/mol. The Labute approximate surface area is 106 Å². The Morgan fingerprint density at radius 3 is 2.50 bits per heavy atom. The third-order valence-electron chi connectivity index (χ3n) is 2.53. The van der Waals surface area contributed by atoms with E-state index in [9.17, 15) is 14.4 Å². The van der Waals surface area contributed by atoms with E-state index in [1.54, 1.807) is 0 Å². The standard InChI is InChI=1S/C13H17NO4/c1-2-10-18-13(17)6-4-3-5-9-14-11(15)7-8-12(14)16/h2,7-8H,1,3-6,9-10H2. The first-order valence-corrected chi connectivity index (χ1v) is 5.95. The van der Waals surface area contributed by atoms with Gasteiger partial charge in [-0.2, -0.15) is 0 Å². The van der Waals surface area contributed by atoms with Gasteiger partial charge in [0, 0.05) is 25.1 Å². The van der Waals surface area contributed by atoms with E-state index in [0.717, 1.165) is 6.42 Å². The summed E-state index contributed by atoms with van der Waals surface area (Å²) >= 11 is 0. The van der Waals surface area contributed by atoms with E-state index < -0.39 is 0 Å². The molecule has 0 aromatic rings. The summed E-state index contributed by atoms with van der Waals surface area (Å²) in [7, 11) is 0. The molecule has 0 atom stereocenters. The smallest absolute Gasteiger partial charge is 0.306 e. The minimum atomic E-state index is -0.259. The molecule has 2 amide bonds. The van der Waals surface area contributed by atoms with Gasteiger partial charge in [0.05, 0.1) is 0 Å². The van der Waals surface area contributed by atoms with E-state index in [-0.39, 0.29) is 24.4 Å². The van der Waals surface area contributed by atoms with Crippen molar-refractivity contribution < 1.29 is 19.1 Å². The van der Waals surface area contributed by atoms with Crippen molar-refractivity contribution in [1.29, 1.82) is 0 Å². The quantitative estimate of drug-likeness (QED) is 0.281. The van der Waals surface area contributed by atoms with Crippen LogP contribution in [0.5, 0.6) is 0 Å². The zero-order valence-corrected chi connectivity index (χ0v) is 10.3. The molecule has 5 nitrogen and oxygen atoms in total. The van der Waals surface area contributed by atoms with Crippen molar-refractivity contribution in [2.45, 2.75) is 25.7 Å². The Kier molecular flexibility index (Phi) is 5.84. The lowest BCUT2D eigenvalue weighted by Crippen LogP contribution is -2.30. The molecule has 0 fully saturated rings. The molecule has 1 heterocycles. The molecular formula is C13H17NO4. The molecule has 1 aliphatic heterocycles. The number of hydrogen-bond donors (Lipinski definition) is 0. The zero-order chi connectivity index (χ0) is 13.4. The summed E-state index contributed by atoms with van der Waals surface area (Å²) < 4.78 is 4.82. The van der Waals surface area contributed by atoms with Crippen LogP contribution >= 0.6 is 0 Å². The Hall–Kier alpha value is -1.91. The van der Waals surface area contributed by atoms with E-state index in [2.05, 4.69) is 6.58 Å². The number of imide groups is 1. The van der Waals surface area contributed by atoms with Crippen LogP contribution in [-0.4, -0.2) is 35.8 Å². The van der Waals surface area contributed by atoms with Crippen molar-refractivity contribution in [2.24, 2.45) is 0 Å². The lowest BCUT2D eigenvalue weighted by atomic mass is 10.2. The Morgan fingerprint density at radius 2 is 1.89 bits per heavy atom. The van der Waals surface area contributed by atoms with Gasteiger partial charge < -0.3 is 4.74 Å². The number of esters is 1. The molecule has 1 aliphatic rings. The van der Waals surface area contributed by atoms with E-state index in [1.165, 1.54) is 23.1 Å². The SMILES string of the molecule is C=CCOC(=O)CCCCCN1C(=O)C=CC1=O. The van der Waals surface area contributed by atoms with Gasteiger partial charge in [0.2, 0.25) is 0 Å². The van der Waals surface area contributed by atoms with Gasteiger partial charge in [0.1, 0.15) is 6.61 Å². The molecule has 0 radical (unpaired) electrons. The summed E-state index contributed by atoms with van der Waals surface area (Å²) in [6.45, 7) is 4.09. The fraction of sp³-hybridized carbons (Fsp3) is 0.462. The number of rotatable bonds is 8. The molecule has 5 heteroatoms. The molecule has 0 unspecified atom stereocenters. The molecule has 0 saturated carbocycles. The molecule has 0 saturated heterocycles. The average molecular weight is 251 g/mol. The third kappa shape index (κ3) is 4.53. The minimum Gasteiger partial charge on any atom is -0.461 e. The van der Waals surface area contributed by atoms with Gasteiger partial charge in [-0.3, -0.25) is 19.3 Å². The van der Waals surface area contributed by atoms with Crippen molar-refractivity contribution in [3.8, 4) is 0 Å². The second kappa shape index (κ2) is 7.42. The first kappa shape index (κ1) is 14.2. The summed E-state index contributed by atoms with van der Waals surface area (Å²) in [5.74, 6) is -0.763. The molecular weight excluding hydrogens is 234 g/mol. The van der Waals surface area contributed by atoms with Crippen molar-refractivity contribution in [2.75, 3.05) is 13.2 Å². The largest absolute Gasteiger partial charge is 0.461 e. The van der Waals surface area contributed by atoms with Gasteiger partial charge in [-0.15, -0.1) is 0 Å². The predicted octanol–water partition coefficient (Wildman–Crippen LogP) is 1.20. The molecule has 0 aromatic heterocycles. The van der Waals surface area contributed by atoms with Crippen LogP contribution in [0.15, 0.2) is 24.8 Å². The Morgan fingerprint density at radius 1 is 1.22 bits per heavy atom. The highest BCUT2D eigenvalue weighted by atomic mass is 16.5. The zero-order valence-electron chi connectivity index (χ0n) is 10.3. The van der Waals surface area contributed by atoms with Crippen LogP contribution in [0.2, 0.25) is 0 Å². The molecule has 98 valence electrons. The minimum absolute atomic E-state index is 0.237. The maximum absolute atomic E-state index is 11.2. The number of amides is 2. The van der Waals surface area contributed by atoms with Gasteiger partial charge >= 0.3 is 5.97 Å². The molecule has 1 rings (SSSR count). The maximum atomic E-state index is 11.2. The number of ether oxygens (including phenoxy) is 1. The van der Waals surface area contributed by atoms with Gasteiger partial charge in [0.25, 0.3) is 11.8 Å². The van der Waals surface area contributed by atoms with Crippen LogP contribution in [0.3, 0.4) is 0 Å². The van der Waals surface area contributed by atoms with E-state index in [1.807, 2.05) is 0 Å². The van der Waals surface area contributed by atoms with Crippen LogP contribution in [0.1, 0.15) is 25.7 Å². The maximum Gasteiger partial charge on any atom is 0.306 e. The summed E-state index contributed by atoms with van der Waals surface area (Å²) in [5, 5.41) is 0. The Balaban J connectivity index is 2.05. The lowest BCUT2D eigenvalue weighted by Gasteiger charge is -2.12. The second-order valence-corrected chi connectivity index (χ2v) is 3.94. The van der Waals surface area contributed by atoms with E-state index >= 15 is 0 Å². The van der Waals surface area contributed by atoms with E-state index in [0.29, 0.717) is 25.8 Å². The van der Waals surface area contributed by atoms with Gasteiger partial charge in [0.15, 0.2) is 0 Å². The number of nitrogens with zero attached hydrogens (tertiary/aromatic N) is 1. The highest BCUT2D eigenvalue weighted by molar-refractivity contribution is 6.12. The van der Waals surface area contributed by atoms with Gasteiger partial charge in [-0.1, -0.05) is 19.1 Å². The highest BCUT2D eigenvalue weighted by Crippen LogP contribution is 2.08. The molecule has 0 spiro atoms. The summed E-state index contributed by atoms with van der Waals surface area (Å²) in [6.07, 6.45) is 6.60. The fourth-order valence-corrected chi connectivity index (χ4v) is 1.59. The predicted molar refractivity (Wildman–Crippen MR) is 65.5 cm³/mol. The fourth-order valence-electron chi connectivity index (χ4n) is 1.59. The van der Waals surface area contributed by atoms with Gasteiger partial charge in [-0.05, 0) is 12.8 Å². The molecule has 0 bridgehead atoms. The summed E-state index contributed by atoms with van der Waals surface area (Å²) in [5.41, 5.74) is 0. The van der Waals surface area contributed by atoms with Crippen molar-refractivity contribution in [1.82, 2.24) is 4.90 Å². The van der Waals surface area contributed by atoms with Crippen molar-refractivity contribution in [3.63, 3.8) is 0 Å². The third-order valence-corrected chi connectivity index (χ3v) is 2.53. The second-order valence-electron chi connectivity index (χ2n) is 3.94. The lowest BCUT2D eigenvalue weighted by molar-refractivity contribution is -0.142. The van der Waals surface area contributed by atoms with Crippen LogP contribution in [0.25, 0.3) is 0 Å². The average Bonchev–Trinajstić information content (AvgIpc) is 2.67. The van der Waals surface area contributed by atoms with Crippen molar-refractivity contribution >= 4 is 17.8 Å². The summed E-state index contributed by atoms with van der Waals surface area (Å²) in [6, 6.07) is 0. The molecule has 0 aliphatic carbocycles. The number of carbonyl (C=O) groups is 3. The number of unbranched alkanes of at least 4 members (excludes halogenated alkanes) is 2. The van der Waals surface area contributed by atoms with Crippen LogP contribution < -0.4 is 0 Å². The van der Waals surface area contributed by atoms with Crippen LogP contribution in [0.4, 0.5) is 0 Å². The normalized spacial score (nSPS) is 14.1. The first-order valence-electron chi connectivity index (χ1n) is 5.95. The van der Waals surface area contributed by atoms with Crippen LogP contribution in [0, 0.1) is 0 Å². The van der Waals surface area contributed by atoms with E-state index in [4.69, 9.17) is 4.74 Å². The molecule has 0 aromatic carbocycles. The van der Waals surface area contributed by atoms with Gasteiger partial charge in [-0.25, -0.2) is 0 Å². The topological polar surface area (TPSA) is 63.7 Å². The molecule has 0 N–H and O–H groups in total. The highest BCUT2D eigenvalue weighted by Gasteiger charge is 2.22. The van der Waals surface area contributed by atoms with Crippen LogP contribution in [-0.2, 0) is 19.1 Å².